The zero-order valence-corrected chi connectivity index (χ0v) is 26.4. The molecule has 7 rings (SSSR count). The van der Waals surface area contributed by atoms with Gasteiger partial charge in [-0.1, -0.05) is 0 Å². The van der Waals surface area contributed by atoms with E-state index in [-0.39, 0.29) is 18.2 Å². The van der Waals surface area contributed by atoms with Crippen LogP contribution < -0.4 is 19.7 Å². The molecule has 1 fully saturated rings. The average Bonchev–Trinajstić information content (AvgIpc) is 3.37. The number of anilines is 3. The van der Waals surface area contributed by atoms with Crippen molar-refractivity contribution in [2.24, 2.45) is 7.05 Å². The first-order chi connectivity index (χ1) is 21.5. The highest BCUT2D eigenvalue weighted by molar-refractivity contribution is 6.00. The Bertz CT molecular complexity index is 1930. The van der Waals surface area contributed by atoms with Crippen LogP contribution in [-0.4, -0.2) is 68.4 Å². The fourth-order valence-corrected chi connectivity index (χ4v) is 6.13. The van der Waals surface area contributed by atoms with E-state index >= 15 is 0 Å². The van der Waals surface area contributed by atoms with Gasteiger partial charge in [0.15, 0.2) is 5.75 Å². The smallest absolute Gasteiger partial charge is 0.410 e. The molecule has 0 spiro atoms. The van der Waals surface area contributed by atoms with Crippen molar-refractivity contribution in [2.75, 3.05) is 30.4 Å². The van der Waals surface area contributed by atoms with Gasteiger partial charge in [0.2, 0.25) is 0 Å². The fourth-order valence-electron chi connectivity index (χ4n) is 6.13. The molecule has 1 amide bonds. The number of rotatable bonds is 4. The number of aryl methyl sites for hydroxylation is 2. The number of aromatic nitrogens is 4. The van der Waals surface area contributed by atoms with Gasteiger partial charge in [-0.3, -0.25) is 0 Å². The fraction of sp³-hybridized carbons (Fsp3) is 0.353. The van der Waals surface area contributed by atoms with Crippen LogP contribution in [0.2, 0.25) is 0 Å². The lowest BCUT2D eigenvalue weighted by Gasteiger charge is -2.47. The number of likely N-dealkylation sites (tertiary alicyclic amines) is 1. The van der Waals surface area contributed by atoms with E-state index in [1.54, 1.807) is 17.6 Å². The molecule has 0 saturated carbocycles. The van der Waals surface area contributed by atoms with Gasteiger partial charge in [-0.05, 0) is 75.7 Å². The van der Waals surface area contributed by atoms with Gasteiger partial charge < -0.3 is 33.9 Å². The molecule has 11 nitrogen and oxygen atoms in total. The highest BCUT2D eigenvalue weighted by Gasteiger charge is 2.41. The van der Waals surface area contributed by atoms with Crippen molar-refractivity contribution in [3.05, 3.63) is 66.7 Å². The monoisotopic (exact) mass is 607 g/mol. The van der Waals surface area contributed by atoms with E-state index in [1.807, 2.05) is 94.9 Å². The summed E-state index contributed by atoms with van der Waals surface area (Å²) < 4.78 is 20.6. The topological polar surface area (TPSA) is 107 Å². The van der Waals surface area contributed by atoms with Crippen LogP contribution in [0.4, 0.5) is 22.0 Å². The molecule has 232 valence electrons. The zero-order valence-electron chi connectivity index (χ0n) is 26.4. The van der Waals surface area contributed by atoms with Crippen LogP contribution >= 0.6 is 0 Å². The Balaban J connectivity index is 1.14. The van der Waals surface area contributed by atoms with Crippen LogP contribution in [0.5, 0.6) is 17.2 Å². The molecule has 2 aromatic heterocycles. The number of ether oxygens (including phenoxy) is 3. The summed E-state index contributed by atoms with van der Waals surface area (Å²) in [6.07, 6.45) is 3.66. The minimum atomic E-state index is -0.543. The minimum absolute atomic E-state index is 0.00848. The molecule has 3 aromatic carbocycles. The van der Waals surface area contributed by atoms with Crippen LogP contribution in [0.25, 0.3) is 21.9 Å². The predicted octanol–water partition coefficient (Wildman–Crippen LogP) is 6.57. The third-order valence-electron chi connectivity index (χ3n) is 8.42. The number of nitrogens with zero attached hydrogens (tertiary/aromatic N) is 6. The van der Waals surface area contributed by atoms with E-state index in [1.165, 1.54) is 0 Å². The van der Waals surface area contributed by atoms with Crippen molar-refractivity contribution in [1.29, 1.82) is 0 Å². The molecule has 0 aliphatic carbocycles. The summed E-state index contributed by atoms with van der Waals surface area (Å²) in [5, 5.41) is 4.32. The van der Waals surface area contributed by atoms with Gasteiger partial charge in [-0.15, -0.1) is 0 Å². The molecule has 2 aliphatic heterocycles. The van der Waals surface area contributed by atoms with E-state index in [2.05, 4.69) is 25.2 Å². The summed E-state index contributed by atoms with van der Waals surface area (Å²) in [6.45, 7) is 8.76. The third kappa shape index (κ3) is 5.43. The number of carbonyl (C=O) groups excluding carboxylic acids is 1. The minimum Gasteiger partial charge on any atom is -0.485 e. The van der Waals surface area contributed by atoms with Crippen LogP contribution in [0.15, 0.2) is 61.2 Å². The Hall–Kier alpha value is -5.06. The number of hydrogen-bond acceptors (Lipinski definition) is 9. The molecule has 5 aromatic rings. The van der Waals surface area contributed by atoms with Gasteiger partial charge in [0.1, 0.15) is 35.3 Å². The van der Waals surface area contributed by atoms with Gasteiger partial charge >= 0.3 is 6.09 Å². The molecule has 45 heavy (non-hydrogen) atoms. The highest BCUT2D eigenvalue weighted by Crippen LogP contribution is 2.45. The number of likely N-dealkylation sites (N-methyl/N-ethyl adjacent to an activating group) is 1. The summed E-state index contributed by atoms with van der Waals surface area (Å²) in [7, 11) is 4.02. The molecular weight excluding hydrogens is 570 g/mol. The van der Waals surface area contributed by atoms with Crippen molar-refractivity contribution in [1.82, 2.24) is 24.4 Å². The number of imidazole rings is 1. The number of piperidine rings is 1. The van der Waals surface area contributed by atoms with Gasteiger partial charge in [0.25, 0.3) is 0 Å². The quantitative estimate of drug-likeness (QED) is 0.243. The number of carbonyl (C=O) groups is 1. The molecule has 0 radical (unpaired) electrons. The van der Waals surface area contributed by atoms with Crippen LogP contribution in [-0.2, 0) is 11.8 Å². The third-order valence-corrected chi connectivity index (χ3v) is 8.42. The van der Waals surface area contributed by atoms with Crippen LogP contribution in [0, 0.1) is 6.92 Å². The molecular formula is C34H37N7O4. The maximum atomic E-state index is 12.8. The van der Waals surface area contributed by atoms with Crippen molar-refractivity contribution >= 4 is 45.2 Å². The zero-order chi connectivity index (χ0) is 31.5. The molecule has 0 unspecified atom stereocenters. The molecule has 4 heterocycles. The summed E-state index contributed by atoms with van der Waals surface area (Å²) in [4.78, 5) is 30.4. The standard InChI is InChI=1S/C34H37N7O4/c1-20-15-21(7-12-28(20)43-22-8-10-25-24(16-22)37-19-39(25)5)38-32-30-23(35-18-36-32)9-11-26-31(30)44-29-13-14-41(17-27(29)40(26)6)33(42)45-34(2,3)4/h7-12,15-16,18-19,27,29H,13-14,17H2,1-6H3,(H,35,36,38)/t27-,29+/m0/s1. The molecule has 2 aliphatic rings. The number of fused-ring (bicyclic) bond motifs is 5. The Morgan fingerprint density at radius 2 is 1.87 bits per heavy atom. The van der Waals surface area contributed by atoms with Crippen LogP contribution in [0.1, 0.15) is 32.8 Å². The van der Waals surface area contributed by atoms with E-state index in [0.717, 1.165) is 56.1 Å². The lowest BCUT2D eigenvalue weighted by Crippen LogP contribution is -2.59. The Morgan fingerprint density at radius 3 is 2.67 bits per heavy atom. The SMILES string of the molecule is Cc1cc(Nc2ncnc3ccc4c(c23)O[C@@H]2CCN(C(=O)OC(C)(C)C)C[C@@H]2N4C)ccc1Oc1ccc2c(c1)ncn2C. The first-order valence-electron chi connectivity index (χ1n) is 15.2. The second-order valence-corrected chi connectivity index (χ2v) is 12.8. The van der Waals surface area contributed by atoms with Crippen molar-refractivity contribution in [2.45, 2.75) is 51.9 Å². The number of hydrogen-bond donors (Lipinski definition) is 1. The van der Waals surface area contributed by atoms with Gasteiger partial charge in [0, 0.05) is 45.4 Å². The molecule has 1 saturated heterocycles. The summed E-state index contributed by atoms with van der Waals surface area (Å²) in [5.74, 6) is 2.89. The summed E-state index contributed by atoms with van der Waals surface area (Å²) in [5.41, 5.74) is 4.94. The summed E-state index contributed by atoms with van der Waals surface area (Å²) in [6, 6.07) is 15.9. The maximum Gasteiger partial charge on any atom is 0.410 e. The van der Waals surface area contributed by atoms with Crippen molar-refractivity contribution in [3.63, 3.8) is 0 Å². The van der Waals surface area contributed by atoms with E-state index in [0.29, 0.717) is 25.3 Å². The predicted molar refractivity (Wildman–Crippen MR) is 174 cm³/mol. The highest BCUT2D eigenvalue weighted by atomic mass is 16.6. The molecule has 2 atom stereocenters. The Kier molecular flexibility index (Phi) is 6.91. The second-order valence-electron chi connectivity index (χ2n) is 12.8. The van der Waals surface area contributed by atoms with E-state index < -0.39 is 5.60 Å². The van der Waals surface area contributed by atoms with Crippen molar-refractivity contribution < 1.29 is 19.0 Å². The normalized spacial score (nSPS) is 17.9. The lowest BCUT2D eigenvalue weighted by atomic mass is 9.97. The number of benzene rings is 3. The molecule has 0 bridgehead atoms. The average molecular weight is 608 g/mol. The number of nitrogens with one attached hydrogen (secondary N) is 1. The number of amides is 1. The maximum absolute atomic E-state index is 12.8. The molecule has 1 N–H and O–H groups in total. The van der Waals surface area contributed by atoms with E-state index in [9.17, 15) is 4.79 Å². The Labute approximate surface area is 261 Å². The molecule has 11 heteroatoms. The van der Waals surface area contributed by atoms with Gasteiger partial charge in [0.05, 0.1) is 40.0 Å². The van der Waals surface area contributed by atoms with Crippen molar-refractivity contribution in [3.8, 4) is 17.2 Å². The first kappa shape index (κ1) is 28.7. The van der Waals surface area contributed by atoms with E-state index in [4.69, 9.17) is 14.2 Å². The first-order valence-corrected chi connectivity index (χ1v) is 15.2. The summed E-state index contributed by atoms with van der Waals surface area (Å²) >= 11 is 0. The van der Waals surface area contributed by atoms with Crippen LogP contribution in [0.3, 0.4) is 0 Å². The van der Waals surface area contributed by atoms with Gasteiger partial charge in [-0.25, -0.2) is 19.7 Å². The Morgan fingerprint density at radius 1 is 1.02 bits per heavy atom. The van der Waals surface area contributed by atoms with Gasteiger partial charge in [-0.2, -0.15) is 0 Å². The second kappa shape index (κ2) is 10.8. The lowest BCUT2D eigenvalue weighted by molar-refractivity contribution is 0.00637. The largest absolute Gasteiger partial charge is 0.485 e.